The predicted molar refractivity (Wildman–Crippen MR) is 240 cm³/mol. The number of fused-ring (bicyclic) bond motifs is 2. The summed E-state index contributed by atoms with van der Waals surface area (Å²) in [5, 5.41) is 7.86. The van der Waals surface area contributed by atoms with Crippen molar-refractivity contribution in [2.24, 2.45) is 5.92 Å². The number of halogens is 4. The fourth-order valence-electron chi connectivity index (χ4n) is 7.48. The molecule has 0 atom stereocenters. The zero-order chi connectivity index (χ0) is 42.7. The van der Waals surface area contributed by atoms with Gasteiger partial charge in [-0.3, -0.25) is 4.90 Å². The SMILES string of the molecule is COc1cc2c(Nc3ccc(Br)cc3F)ncnc2cc1CCC1CCN(C)CC1.COc1cc2ncnc(Nc3ccc(F)c(Cl)c3)c2cc1OCCCN1CCOCC1. The van der Waals surface area contributed by atoms with E-state index in [-0.39, 0.29) is 10.8 Å². The van der Waals surface area contributed by atoms with Gasteiger partial charge in [-0.25, -0.2) is 28.7 Å². The molecule has 2 aliphatic rings. The van der Waals surface area contributed by atoms with E-state index in [0.717, 1.165) is 85.6 Å². The zero-order valence-electron chi connectivity index (χ0n) is 34.5. The first kappa shape index (κ1) is 44.1. The molecule has 0 amide bonds. The third kappa shape index (κ3) is 11.7. The molecule has 0 spiro atoms. The van der Waals surface area contributed by atoms with Crippen LogP contribution in [0.5, 0.6) is 17.2 Å². The number of morpholine rings is 1. The second kappa shape index (κ2) is 21.2. The van der Waals surface area contributed by atoms with Crippen LogP contribution in [-0.4, -0.2) is 104 Å². The molecule has 2 N–H and O–H groups in total. The van der Waals surface area contributed by atoms with Crippen LogP contribution in [0.25, 0.3) is 21.8 Å². The number of rotatable bonds is 14. The van der Waals surface area contributed by atoms with Crippen molar-refractivity contribution in [2.75, 3.05) is 84.4 Å². The number of nitrogens with one attached hydrogen (secondary N) is 2. The van der Waals surface area contributed by atoms with Crippen molar-refractivity contribution in [3.05, 3.63) is 100 Å². The Labute approximate surface area is 368 Å². The van der Waals surface area contributed by atoms with Gasteiger partial charge in [0.25, 0.3) is 0 Å². The number of anilines is 4. The lowest BCUT2D eigenvalue weighted by Crippen LogP contribution is -2.37. The monoisotopic (exact) mass is 918 g/mol. The highest BCUT2D eigenvalue weighted by atomic mass is 79.9. The van der Waals surface area contributed by atoms with Gasteiger partial charge in [0.2, 0.25) is 0 Å². The first-order chi connectivity index (χ1) is 29.7. The molecule has 0 radical (unpaired) electrons. The van der Waals surface area contributed by atoms with E-state index >= 15 is 0 Å². The third-order valence-electron chi connectivity index (χ3n) is 11.0. The first-order valence-corrected chi connectivity index (χ1v) is 21.5. The molecule has 61 heavy (non-hydrogen) atoms. The van der Waals surface area contributed by atoms with Crippen LogP contribution in [0.3, 0.4) is 0 Å². The van der Waals surface area contributed by atoms with Crippen molar-refractivity contribution < 1.29 is 27.7 Å². The van der Waals surface area contributed by atoms with Crippen molar-refractivity contribution >= 4 is 72.3 Å². The molecule has 4 heterocycles. The number of aromatic nitrogens is 4. The average Bonchev–Trinajstić information content (AvgIpc) is 3.27. The Morgan fingerprint density at radius 3 is 2.16 bits per heavy atom. The van der Waals surface area contributed by atoms with E-state index in [4.69, 9.17) is 30.5 Å². The van der Waals surface area contributed by atoms with Gasteiger partial charge in [-0.1, -0.05) is 27.5 Å². The highest BCUT2D eigenvalue weighted by Crippen LogP contribution is 2.36. The Balaban J connectivity index is 0.000000184. The Morgan fingerprint density at radius 1 is 0.787 bits per heavy atom. The van der Waals surface area contributed by atoms with E-state index in [0.29, 0.717) is 51.1 Å². The summed E-state index contributed by atoms with van der Waals surface area (Å²) in [6.07, 6.45) is 8.47. The summed E-state index contributed by atoms with van der Waals surface area (Å²) in [5.74, 6) is 3.10. The van der Waals surface area contributed by atoms with Gasteiger partial charge >= 0.3 is 0 Å². The van der Waals surface area contributed by atoms with Crippen molar-refractivity contribution in [3.8, 4) is 17.2 Å². The minimum Gasteiger partial charge on any atom is -0.496 e. The van der Waals surface area contributed by atoms with Gasteiger partial charge in [0, 0.05) is 46.6 Å². The summed E-state index contributed by atoms with van der Waals surface area (Å²) in [6, 6.07) is 17.0. The van der Waals surface area contributed by atoms with Crippen molar-refractivity contribution in [1.82, 2.24) is 29.7 Å². The lowest BCUT2D eigenvalue weighted by Gasteiger charge is -2.29. The maximum absolute atomic E-state index is 14.3. The number of aryl methyl sites for hydroxylation is 1. The molecule has 6 aromatic rings. The van der Waals surface area contributed by atoms with Crippen LogP contribution in [-0.2, 0) is 11.2 Å². The molecule has 12 nitrogen and oxygen atoms in total. The summed E-state index contributed by atoms with van der Waals surface area (Å²) in [4.78, 5) is 22.2. The largest absolute Gasteiger partial charge is 0.496 e. The highest BCUT2D eigenvalue weighted by Gasteiger charge is 2.19. The Morgan fingerprint density at radius 2 is 1.48 bits per heavy atom. The minimum absolute atomic E-state index is 0.0364. The lowest BCUT2D eigenvalue weighted by atomic mass is 9.90. The van der Waals surface area contributed by atoms with Crippen LogP contribution in [0.4, 0.5) is 31.8 Å². The minimum atomic E-state index is -0.475. The number of hydrogen-bond donors (Lipinski definition) is 2. The number of benzene rings is 4. The van der Waals surface area contributed by atoms with E-state index in [1.54, 1.807) is 32.4 Å². The molecule has 0 aliphatic carbocycles. The third-order valence-corrected chi connectivity index (χ3v) is 11.7. The molecule has 4 aromatic carbocycles. The topological polar surface area (TPSA) is 119 Å². The fraction of sp³-hybridized carbons (Fsp3) is 0.378. The average molecular weight is 920 g/mol. The van der Waals surface area contributed by atoms with Crippen LogP contribution in [0.15, 0.2) is 77.8 Å². The second-order valence-corrected chi connectivity index (χ2v) is 16.4. The van der Waals surface area contributed by atoms with Gasteiger partial charge in [-0.05, 0) is 118 Å². The van der Waals surface area contributed by atoms with E-state index in [2.05, 4.69) is 69.4 Å². The maximum Gasteiger partial charge on any atom is 0.162 e. The molecule has 0 bridgehead atoms. The molecule has 16 heteroatoms. The summed E-state index contributed by atoms with van der Waals surface area (Å²) in [7, 11) is 5.47. The molecular formula is C45H50BrClF2N8O4. The molecule has 322 valence electrons. The zero-order valence-corrected chi connectivity index (χ0v) is 36.9. The molecule has 2 fully saturated rings. The number of likely N-dealkylation sites (tertiary alicyclic amines) is 1. The van der Waals surface area contributed by atoms with Crippen molar-refractivity contribution in [2.45, 2.75) is 32.1 Å². The number of nitrogens with zero attached hydrogens (tertiary/aromatic N) is 6. The summed E-state index contributed by atoms with van der Waals surface area (Å²) in [6.45, 7) is 7.35. The van der Waals surface area contributed by atoms with E-state index < -0.39 is 5.82 Å². The highest BCUT2D eigenvalue weighted by molar-refractivity contribution is 9.10. The van der Waals surface area contributed by atoms with Gasteiger partial charge in [-0.15, -0.1) is 0 Å². The molecule has 8 rings (SSSR count). The van der Waals surface area contributed by atoms with Gasteiger partial charge < -0.3 is 34.5 Å². The lowest BCUT2D eigenvalue weighted by molar-refractivity contribution is 0.0357. The number of methoxy groups -OCH3 is 2. The maximum atomic E-state index is 14.3. The van der Waals surface area contributed by atoms with E-state index in [1.165, 1.54) is 56.8 Å². The van der Waals surface area contributed by atoms with Crippen molar-refractivity contribution in [1.29, 1.82) is 0 Å². The van der Waals surface area contributed by atoms with Gasteiger partial charge in [0.15, 0.2) is 11.5 Å². The summed E-state index contributed by atoms with van der Waals surface area (Å²) < 4.78 is 51.0. The fourth-order valence-corrected chi connectivity index (χ4v) is 8.00. The van der Waals surface area contributed by atoms with Gasteiger partial charge in [0.1, 0.15) is 41.7 Å². The van der Waals surface area contributed by atoms with Crippen LogP contribution >= 0.6 is 27.5 Å². The molecular weight excluding hydrogens is 870 g/mol. The van der Waals surface area contributed by atoms with Crippen LogP contribution in [0.2, 0.25) is 5.02 Å². The Hall–Kier alpha value is -4.93. The molecule has 2 aromatic heterocycles. The number of ether oxygens (including phenoxy) is 4. The van der Waals surface area contributed by atoms with Crippen LogP contribution < -0.4 is 24.8 Å². The number of piperidine rings is 1. The first-order valence-electron chi connectivity index (χ1n) is 20.4. The normalized spacial score (nSPS) is 15.0. The second-order valence-electron chi connectivity index (χ2n) is 15.1. The summed E-state index contributed by atoms with van der Waals surface area (Å²) >= 11 is 9.18. The number of hydrogen-bond acceptors (Lipinski definition) is 12. The standard InChI is InChI=1S/C23H26BrFN4O.C22H24ClFN4O3/c1-29-9-7-15(8-10-29)3-4-16-11-21-18(13-22(16)30-2)23(27-14-26-21)28-20-6-5-17(24)12-19(20)25;1-29-20-13-19-16(12-21(20)31-8-2-5-28-6-9-30-10-7-28)22(26-14-25-19)27-15-3-4-18(24)17(23)11-15/h5-6,11-15H,3-4,7-10H2,1-2H3,(H,26,27,28);3-4,11-14H,2,5-10H2,1H3,(H,25,26,27). The van der Waals surface area contributed by atoms with Crippen LogP contribution in [0, 0.1) is 17.6 Å². The smallest absolute Gasteiger partial charge is 0.162 e. The molecule has 2 aliphatic heterocycles. The summed E-state index contributed by atoms with van der Waals surface area (Å²) in [5.41, 5.74) is 3.66. The van der Waals surface area contributed by atoms with E-state index in [9.17, 15) is 8.78 Å². The Bertz CT molecular complexity index is 2420. The quantitative estimate of drug-likeness (QED) is 0.101. The Kier molecular flexibility index (Phi) is 15.4. The van der Waals surface area contributed by atoms with Gasteiger partial charge in [-0.2, -0.15) is 0 Å². The molecule has 2 saturated heterocycles. The molecule has 0 unspecified atom stereocenters. The predicted octanol–water partition coefficient (Wildman–Crippen LogP) is 9.83. The van der Waals surface area contributed by atoms with E-state index in [1.807, 2.05) is 18.2 Å². The van der Waals surface area contributed by atoms with Gasteiger partial charge in [0.05, 0.1) is 55.8 Å². The van der Waals surface area contributed by atoms with Crippen molar-refractivity contribution in [3.63, 3.8) is 0 Å². The molecule has 0 saturated carbocycles. The van der Waals surface area contributed by atoms with Crippen LogP contribution in [0.1, 0.15) is 31.2 Å².